The summed E-state index contributed by atoms with van der Waals surface area (Å²) >= 11 is 0. The van der Waals surface area contributed by atoms with Gasteiger partial charge in [0.05, 0.1) is 17.9 Å². The first-order valence-corrected chi connectivity index (χ1v) is 5.69. The van der Waals surface area contributed by atoms with Crippen LogP contribution in [0.5, 0.6) is 0 Å². The average Bonchev–Trinajstić information content (AvgIpc) is 2.73. The molecule has 0 spiro atoms. The van der Waals surface area contributed by atoms with Crippen molar-refractivity contribution in [3.8, 4) is 0 Å². The Bertz CT molecular complexity index is 468. The van der Waals surface area contributed by atoms with Crippen molar-refractivity contribution in [1.29, 1.82) is 0 Å². The first-order valence-electron chi connectivity index (χ1n) is 5.69. The molecule has 1 atom stereocenters. The molecule has 18 heavy (non-hydrogen) atoms. The zero-order chi connectivity index (χ0) is 13.3. The van der Waals surface area contributed by atoms with E-state index in [1.54, 1.807) is 11.1 Å². The quantitative estimate of drug-likeness (QED) is 0.878. The summed E-state index contributed by atoms with van der Waals surface area (Å²) in [5, 5.41) is 8.94. The number of halogens is 3. The molecule has 0 amide bonds. The van der Waals surface area contributed by atoms with E-state index >= 15 is 0 Å². The molecule has 1 aromatic carbocycles. The van der Waals surface area contributed by atoms with Gasteiger partial charge in [0.2, 0.25) is 0 Å². The third kappa shape index (κ3) is 2.36. The van der Waals surface area contributed by atoms with Crippen molar-refractivity contribution in [2.45, 2.75) is 32.2 Å². The molecule has 0 bridgehead atoms. The van der Waals surface area contributed by atoms with Gasteiger partial charge in [0.1, 0.15) is 0 Å². The van der Waals surface area contributed by atoms with Gasteiger partial charge in [0.25, 0.3) is 0 Å². The molecule has 1 aliphatic rings. The molecule has 0 aromatic heterocycles. The standard InChI is InChI=1S/C13H14F3NO/c1-9-3-2-6-17(9)12-5-4-10(8-18)7-11(12)13(14,15)16/h2,4-7,9,18H,3,8H2,1H3. The predicted octanol–water partition coefficient (Wildman–Crippen LogP) is 3.31. The van der Waals surface area contributed by atoms with Gasteiger partial charge in [-0.05, 0) is 31.0 Å². The smallest absolute Gasteiger partial charge is 0.392 e. The van der Waals surface area contributed by atoms with Crippen LogP contribution in [0.15, 0.2) is 30.5 Å². The maximum Gasteiger partial charge on any atom is 0.418 e. The van der Waals surface area contributed by atoms with Crippen molar-refractivity contribution in [2.24, 2.45) is 0 Å². The Kier molecular flexibility index (Phi) is 3.34. The summed E-state index contributed by atoms with van der Waals surface area (Å²) in [4.78, 5) is 1.62. The Morgan fingerprint density at radius 1 is 1.39 bits per heavy atom. The van der Waals surface area contributed by atoms with Gasteiger partial charge in [-0.3, -0.25) is 0 Å². The zero-order valence-corrected chi connectivity index (χ0v) is 9.91. The molecule has 0 radical (unpaired) electrons. The number of rotatable bonds is 2. The molecule has 5 heteroatoms. The van der Waals surface area contributed by atoms with E-state index in [9.17, 15) is 13.2 Å². The summed E-state index contributed by atoms with van der Waals surface area (Å²) in [6.45, 7) is 1.48. The number of benzene rings is 1. The Morgan fingerprint density at radius 3 is 2.61 bits per heavy atom. The Morgan fingerprint density at radius 2 is 2.11 bits per heavy atom. The number of aliphatic hydroxyl groups excluding tert-OH is 1. The minimum absolute atomic E-state index is 0.0195. The van der Waals surface area contributed by atoms with Crippen LogP contribution < -0.4 is 4.90 Å². The summed E-state index contributed by atoms with van der Waals surface area (Å²) in [6, 6.07) is 3.96. The van der Waals surface area contributed by atoms with E-state index in [1.807, 2.05) is 13.0 Å². The zero-order valence-electron chi connectivity index (χ0n) is 9.91. The number of aliphatic hydroxyl groups is 1. The van der Waals surface area contributed by atoms with E-state index in [1.165, 1.54) is 12.1 Å². The highest BCUT2D eigenvalue weighted by atomic mass is 19.4. The molecule has 1 N–H and O–H groups in total. The van der Waals surface area contributed by atoms with Gasteiger partial charge >= 0.3 is 6.18 Å². The highest BCUT2D eigenvalue weighted by Crippen LogP contribution is 2.39. The summed E-state index contributed by atoms with van der Waals surface area (Å²) in [6.07, 6.45) is -0.158. The largest absolute Gasteiger partial charge is 0.418 e. The van der Waals surface area contributed by atoms with Gasteiger partial charge in [-0.15, -0.1) is 0 Å². The molecule has 1 heterocycles. The fourth-order valence-electron chi connectivity index (χ4n) is 2.08. The average molecular weight is 257 g/mol. The maximum atomic E-state index is 13.0. The van der Waals surface area contributed by atoms with Gasteiger partial charge in [-0.25, -0.2) is 0 Å². The van der Waals surface area contributed by atoms with Crippen molar-refractivity contribution < 1.29 is 18.3 Å². The lowest BCUT2D eigenvalue weighted by atomic mass is 10.1. The van der Waals surface area contributed by atoms with Crippen LogP contribution in [0.25, 0.3) is 0 Å². The van der Waals surface area contributed by atoms with Crippen molar-refractivity contribution in [2.75, 3.05) is 4.90 Å². The second-order valence-electron chi connectivity index (χ2n) is 4.38. The molecule has 0 saturated carbocycles. The maximum absolute atomic E-state index is 13.0. The topological polar surface area (TPSA) is 23.5 Å². The molecule has 98 valence electrons. The molecule has 2 rings (SSSR count). The van der Waals surface area contributed by atoms with Crippen LogP contribution in [0.1, 0.15) is 24.5 Å². The predicted molar refractivity (Wildman–Crippen MR) is 63.1 cm³/mol. The van der Waals surface area contributed by atoms with E-state index < -0.39 is 18.3 Å². The molecule has 1 aromatic rings. The van der Waals surface area contributed by atoms with Gasteiger partial charge in [-0.2, -0.15) is 13.2 Å². The molecule has 2 nitrogen and oxygen atoms in total. The van der Waals surface area contributed by atoms with Crippen LogP contribution in [0.4, 0.5) is 18.9 Å². The highest BCUT2D eigenvalue weighted by Gasteiger charge is 2.36. The van der Waals surface area contributed by atoms with Gasteiger partial charge in [-0.1, -0.05) is 12.1 Å². The van der Waals surface area contributed by atoms with Gasteiger partial charge in [0, 0.05) is 12.2 Å². The van der Waals surface area contributed by atoms with Gasteiger partial charge < -0.3 is 10.0 Å². The second-order valence-corrected chi connectivity index (χ2v) is 4.38. The van der Waals surface area contributed by atoms with E-state index in [4.69, 9.17) is 5.11 Å². The summed E-state index contributed by atoms with van der Waals surface area (Å²) in [7, 11) is 0. The van der Waals surface area contributed by atoms with Crippen LogP contribution in [-0.4, -0.2) is 11.1 Å². The Balaban J connectivity index is 2.49. The van der Waals surface area contributed by atoms with Crippen molar-refractivity contribution >= 4 is 5.69 Å². The van der Waals surface area contributed by atoms with Crippen molar-refractivity contribution in [1.82, 2.24) is 0 Å². The second kappa shape index (κ2) is 4.65. The first kappa shape index (κ1) is 13.0. The summed E-state index contributed by atoms with van der Waals surface area (Å²) in [5.41, 5.74) is -0.296. The van der Waals surface area contributed by atoms with E-state index in [0.717, 1.165) is 12.5 Å². The fourth-order valence-corrected chi connectivity index (χ4v) is 2.08. The normalized spacial score (nSPS) is 19.6. The minimum atomic E-state index is -4.42. The van der Waals surface area contributed by atoms with E-state index in [2.05, 4.69) is 0 Å². The van der Waals surface area contributed by atoms with Crippen LogP contribution >= 0.6 is 0 Å². The number of nitrogens with zero attached hydrogens (tertiary/aromatic N) is 1. The molecular formula is C13H14F3NO. The van der Waals surface area contributed by atoms with E-state index in [-0.39, 0.29) is 17.3 Å². The lowest BCUT2D eigenvalue weighted by Crippen LogP contribution is -2.25. The fraction of sp³-hybridized carbons (Fsp3) is 0.385. The Labute approximate surface area is 103 Å². The molecule has 0 aliphatic carbocycles. The monoisotopic (exact) mass is 257 g/mol. The number of hydrogen-bond donors (Lipinski definition) is 1. The minimum Gasteiger partial charge on any atom is -0.392 e. The Hall–Kier alpha value is -1.49. The van der Waals surface area contributed by atoms with Crippen LogP contribution in [-0.2, 0) is 12.8 Å². The number of alkyl halides is 3. The first-order chi connectivity index (χ1) is 8.43. The van der Waals surface area contributed by atoms with Crippen LogP contribution in [0, 0.1) is 0 Å². The van der Waals surface area contributed by atoms with Crippen LogP contribution in [0.3, 0.4) is 0 Å². The molecule has 1 aliphatic heterocycles. The molecule has 0 saturated heterocycles. The van der Waals surface area contributed by atoms with Crippen molar-refractivity contribution in [3.63, 3.8) is 0 Å². The summed E-state index contributed by atoms with van der Waals surface area (Å²) in [5.74, 6) is 0. The van der Waals surface area contributed by atoms with Crippen molar-refractivity contribution in [3.05, 3.63) is 41.6 Å². The highest BCUT2D eigenvalue weighted by molar-refractivity contribution is 5.60. The van der Waals surface area contributed by atoms with E-state index in [0.29, 0.717) is 0 Å². The van der Waals surface area contributed by atoms with Crippen LogP contribution in [0.2, 0.25) is 0 Å². The lowest BCUT2D eigenvalue weighted by Gasteiger charge is -2.26. The van der Waals surface area contributed by atoms with Gasteiger partial charge in [0.15, 0.2) is 0 Å². The summed E-state index contributed by atoms with van der Waals surface area (Å²) < 4.78 is 39.0. The number of anilines is 1. The molecule has 1 unspecified atom stereocenters. The molecule has 0 fully saturated rings. The third-order valence-corrected chi connectivity index (χ3v) is 3.05. The SMILES string of the molecule is CC1CC=CN1c1ccc(CO)cc1C(F)(F)F. The third-order valence-electron chi connectivity index (χ3n) is 3.05. The number of hydrogen-bond acceptors (Lipinski definition) is 2. The lowest BCUT2D eigenvalue weighted by molar-refractivity contribution is -0.137. The molecular weight excluding hydrogens is 243 g/mol.